The Bertz CT molecular complexity index is 127. The summed E-state index contributed by atoms with van der Waals surface area (Å²) in [5.41, 5.74) is -0.828. The first-order valence-corrected chi connectivity index (χ1v) is 3.64. The lowest BCUT2D eigenvalue weighted by atomic mass is 9.86. The number of Topliss-reactive ketones (excluding diaryl/α,β-unsaturated/α-hetero) is 1. The van der Waals surface area contributed by atoms with Crippen molar-refractivity contribution >= 4 is 5.78 Å². The van der Waals surface area contributed by atoms with Crippen LogP contribution < -0.4 is 0 Å². The van der Waals surface area contributed by atoms with Crippen LogP contribution in [0.1, 0.15) is 34.1 Å². The van der Waals surface area contributed by atoms with E-state index in [9.17, 15) is 9.90 Å². The van der Waals surface area contributed by atoms with Crippen molar-refractivity contribution in [2.45, 2.75) is 39.7 Å². The van der Waals surface area contributed by atoms with Gasteiger partial charge < -0.3 is 5.11 Å². The molecule has 0 fully saturated rings. The summed E-state index contributed by atoms with van der Waals surface area (Å²) in [6.07, 6.45) is 0.619. The average molecular weight is 144 g/mol. The van der Waals surface area contributed by atoms with E-state index in [2.05, 4.69) is 0 Å². The summed E-state index contributed by atoms with van der Waals surface area (Å²) in [6.45, 7) is 6.83. The van der Waals surface area contributed by atoms with E-state index in [0.717, 1.165) is 0 Å². The Balaban J connectivity index is 4.17. The molecule has 2 heteroatoms. The van der Waals surface area contributed by atoms with E-state index in [0.29, 0.717) is 6.42 Å². The zero-order chi connectivity index (χ0) is 8.36. The number of aliphatic hydroxyl groups is 1. The highest BCUT2D eigenvalue weighted by molar-refractivity contribution is 5.79. The number of carbonyl (C=O) groups is 1. The van der Waals surface area contributed by atoms with Gasteiger partial charge in [0, 0.05) is 5.92 Å². The Morgan fingerprint density at radius 1 is 1.70 bits per heavy atom. The molecule has 0 amide bonds. The lowest BCUT2D eigenvalue weighted by Gasteiger charge is -2.26. The monoisotopic (exact) mass is 144 g/mol. The molecule has 0 aromatic carbocycles. The Labute approximate surface area is 62.2 Å². The second-order valence-electron chi connectivity index (χ2n) is 3.04. The zero-order valence-electron chi connectivity index (χ0n) is 7.14. The minimum absolute atomic E-state index is 0.0480. The van der Waals surface area contributed by atoms with Crippen molar-refractivity contribution in [2.24, 2.45) is 5.92 Å². The summed E-state index contributed by atoms with van der Waals surface area (Å²) in [6, 6.07) is 0. The summed E-state index contributed by atoms with van der Waals surface area (Å²) in [5, 5.41) is 9.54. The number of hydrogen-bond acceptors (Lipinski definition) is 2. The summed E-state index contributed by atoms with van der Waals surface area (Å²) in [5.74, 6) is -0.204. The van der Waals surface area contributed by atoms with Gasteiger partial charge in [0.2, 0.25) is 0 Å². The van der Waals surface area contributed by atoms with Crippen molar-refractivity contribution in [2.75, 3.05) is 0 Å². The van der Waals surface area contributed by atoms with Crippen LogP contribution in [0.4, 0.5) is 0 Å². The van der Waals surface area contributed by atoms with Crippen molar-refractivity contribution in [3.63, 3.8) is 0 Å². The molecule has 0 radical (unpaired) electrons. The summed E-state index contributed by atoms with van der Waals surface area (Å²) in [7, 11) is 0. The molecule has 2 nitrogen and oxygen atoms in total. The van der Waals surface area contributed by atoms with E-state index in [4.69, 9.17) is 0 Å². The third kappa shape index (κ3) is 2.10. The number of carbonyl (C=O) groups excluding carboxylic acids is 1. The lowest BCUT2D eigenvalue weighted by molar-refractivity contribution is -0.128. The molecule has 0 aromatic heterocycles. The van der Waals surface area contributed by atoms with Crippen LogP contribution in [0.5, 0.6) is 0 Å². The number of rotatable bonds is 3. The van der Waals surface area contributed by atoms with E-state index in [-0.39, 0.29) is 11.7 Å². The number of hydrogen-bond donors (Lipinski definition) is 1. The van der Waals surface area contributed by atoms with Gasteiger partial charge in [0.25, 0.3) is 0 Å². The first-order chi connectivity index (χ1) is 4.41. The fourth-order valence-corrected chi connectivity index (χ4v) is 0.744. The Morgan fingerprint density at radius 2 is 2.10 bits per heavy atom. The minimum atomic E-state index is -0.828. The predicted molar refractivity (Wildman–Crippen MR) is 40.8 cm³/mol. The van der Waals surface area contributed by atoms with Gasteiger partial charge in [-0.25, -0.2) is 0 Å². The van der Waals surface area contributed by atoms with Gasteiger partial charge in [-0.2, -0.15) is 0 Å². The standard InChI is InChI=1S/C8H16O2/c1-5-8(4,10)6(2)7(3)9/h6,10H,5H2,1-4H3. The molecule has 1 N–H and O–H groups in total. The molecule has 10 heavy (non-hydrogen) atoms. The van der Waals surface area contributed by atoms with Gasteiger partial charge in [-0.3, -0.25) is 4.79 Å². The lowest BCUT2D eigenvalue weighted by Crippen LogP contribution is -2.35. The van der Waals surface area contributed by atoms with E-state index in [1.807, 2.05) is 6.92 Å². The SMILES string of the molecule is CCC(C)(O)C(C)C(C)=O. The molecular weight excluding hydrogens is 128 g/mol. The van der Waals surface area contributed by atoms with Crippen LogP contribution in [0.15, 0.2) is 0 Å². The Kier molecular flexibility index (Phi) is 3.03. The van der Waals surface area contributed by atoms with Gasteiger partial charge in [-0.1, -0.05) is 13.8 Å². The highest BCUT2D eigenvalue weighted by atomic mass is 16.3. The van der Waals surface area contributed by atoms with Crippen LogP contribution in [0.2, 0.25) is 0 Å². The smallest absolute Gasteiger partial charge is 0.135 e. The van der Waals surface area contributed by atoms with Gasteiger partial charge in [-0.05, 0) is 20.3 Å². The van der Waals surface area contributed by atoms with Crippen LogP contribution >= 0.6 is 0 Å². The quantitative estimate of drug-likeness (QED) is 0.649. The fraction of sp³-hybridized carbons (Fsp3) is 0.875. The van der Waals surface area contributed by atoms with Crippen LogP contribution in [-0.2, 0) is 4.79 Å². The summed E-state index contributed by atoms with van der Waals surface area (Å²) in [4.78, 5) is 10.8. The molecule has 0 saturated heterocycles. The van der Waals surface area contributed by atoms with Crippen molar-refractivity contribution in [3.8, 4) is 0 Å². The number of ketones is 1. The van der Waals surface area contributed by atoms with Crippen molar-refractivity contribution in [1.82, 2.24) is 0 Å². The van der Waals surface area contributed by atoms with Crippen molar-refractivity contribution in [3.05, 3.63) is 0 Å². The van der Waals surface area contributed by atoms with Crippen molar-refractivity contribution < 1.29 is 9.90 Å². The molecule has 2 unspecified atom stereocenters. The van der Waals surface area contributed by atoms with E-state index < -0.39 is 5.60 Å². The van der Waals surface area contributed by atoms with E-state index >= 15 is 0 Å². The molecule has 60 valence electrons. The van der Waals surface area contributed by atoms with Gasteiger partial charge >= 0.3 is 0 Å². The maximum Gasteiger partial charge on any atom is 0.135 e. The summed E-state index contributed by atoms with van der Waals surface area (Å²) >= 11 is 0. The first-order valence-electron chi connectivity index (χ1n) is 3.64. The highest BCUT2D eigenvalue weighted by Gasteiger charge is 2.28. The average Bonchev–Trinajstić information content (AvgIpc) is 1.86. The molecule has 0 heterocycles. The molecule has 0 aliphatic rings. The first kappa shape index (κ1) is 9.63. The van der Waals surface area contributed by atoms with Crippen LogP contribution in [0.25, 0.3) is 0 Å². The molecule has 0 rings (SSSR count). The predicted octanol–water partition coefficient (Wildman–Crippen LogP) is 1.37. The molecule has 0 bridgehead atoms. The van der Waals surface area contributed by atoms with E-state index in [1.165, 1.54) is 6.92 Å². The third-order valence-corrected chi connectivity index (χ3v) is 2.26. The maximum atomic E-state index is 10.8. The third-order valence-electron chi connectivity index (χ3n) is 2.26. The topological polar surface area (TPSA) is 37.3 Å². The molecule has 2 atom stereocenters. The van der Waals surface area contributed by atoms with Gasteiger partial charge in [0.05, 0.1) is 5.60 Å². The minimum Gasteiger partial charge on any atom is -0.389 e. The van der Waals surface area contributed by atoms with Gasteiger partial charge in [-0.15, -0.1) is 0 Å². The summed E-state index contributed by atoms with van der Waals surface area (Å²) < 4.78 is 0. The maximum absolute atomic E-state index is 10.8. The molecular formula is C8H16O2. The normalized spacial score (nSPS) is 19.7. The fourth-order valence-electron chi connectivity index (χ4n) is 0.744. The molecule has 0 aliphatic heterocycles. The molecule has 0 spiro atoms. The largest absolute Gasteiger partial charge is 0.389 e. The molecule has 0 saturated carbocycles. The highest BCUT2D eigenvalue weighted by Crippen LogP contribution is 2.20. The molecule has 0 aliphatic carbocycles. The molecule has 0 aromatic rings. The van der Waals surface area contributed by atoms with Gasteiger partial charge in [0.15, 0.2) is 0 Å². The van der Waals surface area contributed by atoms with Gasteiger partial charge in [0.1, 0.15) is 5.78 Å². The second-order valence-corrected chi connectivity index (χ2v) is 3.04. The zero-order valence-corrected chi connectivity index (χ0v) is 7.14. The van der Waals surface area contributed by atoms with Crippen molar-refractivity contribution in [1.29, 1.82) is 0 Å². The Hall–Kier alpha value is -0.370. The van der Waals surface area contributed by atoms with Crippen LogP contribution in [0, 0.1) is 5.92 Å². The van der Waals surface area contributed by atoms with Crippen LogP contribution in [-0.4, -0.2) is 16.5 Å². The Morgan fingerprint density at radius 3 is 2.20 bits per heavy atom. The van der Waals surface area contributed by atoms with Crippen LogP contribution in [0.3, 0.4) is 0 Å². The second kappa shape index (κ2) is 3.15. The van der Waals surface area contributed by atoms with E-state index in [1.54, 1.807) is 13.8 Å².